The van der Waals surface area contributed by atoms with Gasteiger partial charge in [-0.3, -0.25) is 9.59 Å². The number of fused-ring (bicyclic) bond motifs is 1. The molecule has 0 bridgehead atoms. The molecule has 2 saturated carbocycles. The molecule has 0 aromatic carbocycles. The Morgan fingerprint density at radius 1 is 0.792 bits per heavy atom. The Kier molecular flexibility index (Phi) is 4.77. The minimum Gasteiger partial charge on any atom is -0.463 e. The fourth-order valence-corrected chi connectivity index (χ4v) is 4.49. The molecule has 2 aliphatic heterocycles. The highest BCUT2D eigenvalue weighted by Crippen LogP contribution is 2.47. The maximum Gasteiger partial charge on any atom is 0.309 e. The Labute approximate surface area is 142 Å². The second-order valence-corrected chi connectivity index (χ2v) is 7.58. The topological polar surface area (TPSA) is 77.7 Å². The van der Waals surface area contributed by atoms with E-state index in [0.717, 1.165) is 38.5 Å². The quantitative estimate of drug-likeness (QED) is 0.542. The molecule has 4 rings (SSSR count). The minimum absolute atomic E-state index is 0.0766. The zero-order valence-electron chi connectivity index (χ0n) is 14.0. The summed E-state index contributed by atoms with van der Waals surface area (Å²) in [6.07, 6.45) is 6.10. The molecule has 6 nitrogen and oxygen atoms in total. The van der Waals surface area contributed by atoms with Gasteiger partial charge in [-0.2, -0.15) is 0 Å². The average Bonchev–Trinajstić information content (AvgIpc) is 3.50. The maximum absolute atomic E-state index is 12.6. The number of hydrogen-bond acceptors (Lipinski definition) is 6. The lowest BCUT2D eigenvalue weighted by molar-refractivity contribution is -0.163. The molecule has 134 valence electrons. The van der Waals surface area contributed by atoms with E-state index in [2.05, 4.69) is 0 Å². The zero-order valence-corrected chi connectivity index (χ0v) is 14.0. The van der Waals surface area contributed by atoms with Gasteiger partial charge in [0.15, 0.2) is 0 Å². The lowest BCUT2D eigenvalue weighted by Crippen LogP contribution is -2.44. The van der Waals surface area contributed by atoms with Crippen LogP contribution in [-0.2, 0) is 28.5 Å². The summed E-state index contributed by atoms with van der Waals surface area (Å²) in [7, 11) is 0. The normalized spacial score (nSPS) is 40.3. The first-order valence-corrected chi connectivity index (χ1v) is 9.29. The molecule has 0 amide bonds. The number of carbonyl (C=O) groups is 2. The third kappa shape index (κ3) is 3.75. The van der Waals surface area contributed by atoms with Crippen molar-refractivity contribution >= 4 is 11.9 Å². The number of carbonyl (C=O) groups excluding carboxylic acids is 2. The van der Waals surface area contributed by atoms with Crippen LogP contribution in [0.5, 0.6) is 0 Å². The van der Waals surface area contributed by atoms with Gasteiger partial charge in [0.1, 0.15) is 25.4 Å². The molecule has 0 aromatic rings. The number of esters is 2. The molecule has 6 heteroatoms. The standard InChI is InChI=1S/C18H26O6/c19-17(23-9-12-7-21-12)14-5-1-3-11-4-2-6-15(16(11)14)18(20)24-10-13-8-22-13/h11-16H,1-10H2. The van der Waals surface area contributed by atoms with Crippen molar-refractivity contribution in [2.75, 3.05) is 26.4 Å². The summed E-state index contributed by atoms with van der Waals surface area (Å²) in [6, 6.07) is 0. The minimum atomic E-state index is -0.169. The molecule has 0 N–H and O–H groups in total. The molecule has 4 fully saturated rings. The van der Waals surface area contributed by atoms with Crippen molar-refractivity contribution in [2.45, 2.75) is 50.7 Å². The van der Waals surface area contributed by atoms with Crippen LogP contribution in [0, 0.1) is 23.7 Å². The first-order chi connectivity index (χ1) is 11.7. The van der Waals surface area contributed by atoms with E-state index in [1.807, 2.05) is 0 Å². The van der Waals surface area contributed by atoms with Crippen LogP contribution in [0.1, 0.15) is 38.5 Å². The van der Waals surface area contributed by atoms with E-state index in [4.69, 9.17) is 18.9 Å². The molecule has 0 radical (unpaired) electrons. The number of rotatable bonds is 6. The molecule has 2 aliphatic carbocycles. The van der Waals surface area contributed by atoms with Crippen LogP contribution in [0.15, 0.2) is 0 Å². The van der Waals surface area contributed by atoms with Crippen LogP contribution in [0.4, 0.5) is 0 Å². The van der Waals surface area contributed by atoms with E-state index in [0.29, 0.717) is 32.3 Å². The van der Waals surface area contributed by atoms with Crippen LogP contribution < -0.4 is 0 Å². The molecular formula is C18H26O6. The van der Waals surface area contributed by atoms with Crippen molar-refractivity contribution in [3.05, 3.63) is 0 Å². The van der Waals surface area contributed by atoms with Gasteiger partial charge >= 0.3 is 11.9 Å². The molecule has 4 aliphatic rings. The van der Waals surface area contributed by atoms with Gasteiger partial charge in [-0.1, -0.05) is 25.7 Å². The lowest BCUT2D eigenvalue weighted by Gasteiger charge is -2.43. The first-order valence-electron chi connectivity index (χ1n) is 9.29. The number of epoxide rings is 2. The van der Waals surface area contributed by atoms with Gasteiger partial charge in [0.2, 0.25) is 0 Å². The van der Waals surface area contributed by atoms with Gasteiger partial charge in [-0.15, -0.1) is 0 Å². The summed E-state index contributed by atoms with van der Waals surface area (Å²) in [5.74, 6) is -0.115. The van der Waals surface area contributed by atoms with Gasteiger partial charge < -0.3 is 18.9 Å². The van der Waals surface area contributed by atoms with E-state index < -0.39 is 0 Å². The summed E-state index contributed by atoms with van der Waals surface area (Å²) in [5.41, 5.74) is 0. The summed E-state index contributed by atoms with van der Waals surface area (Å²) < 4.78 is 21.1. The maximum atomic E-state index is 12.6. The van der Waals surface area contributed by atoms with Crippen LogP contribution >= 0.6 is 0 Å². The van der Waals surface area contributed by atoms with Gasteiger partial charge in [0.05, 0.1) is 25.0 Å². The summed E-state index contributed by atoms with van der Waals surface area (Å²) >= 11 is 0. The second kappa shape index (κ2) is 7.00. The smallest absolute Gasteiger partial charge is 0.309 e. The predicted molar refractivity (Wildman–Crippen MR) is 83.1 cm³/mol. The van der Waals surface area contributed by atoms with E-state index in [1.165, 1.54) is 0 Å². The van der Waals surface area contributed by atoms with Gasteiger partial charge in [-0.05, 0) is 24.7 Å². The van der Waals surface area contributed by atoms with E-state index in [9.17, 15) is 9.59 Å². The fourth-order valence-electron chi connectivity index (χ4n) is 4.49. The van der Waals surface area contributed by atoms with Crippen molar-refractivity contribution in [3.63, 3.8) is 0 Å². The van der Waals surface area contributed by atoms with Crippen LogP contribution in [0.25, 0.3) is 0 Å². The first kappa shape index (κ1) is 16.3. The largest absolute Gasteiger partial charge is 0.463 e. The summed E-state index contributed by atoms with van der Waals surface area (Å²) in [4.78, 5) is 25.2. The Morgan fingerprint density at radius 3 is 1.67 bits per heavy atom. The Morgan fingerprint density at radius 2 is 1.25 bits per heavy atom. The van der Waals surface area contributed by atoms with Gasteiger partial charge in [-0.25, -0.2) is 0 Å². The monoisotopic (exact) mass is 338 g/mol. The summed E-state index contributed by atoms with van der Waals surface area (Å²) in [5, 5.41) is 0. The van der Waals surface area contributed by atoms with E-state index >= 15 is 0 Å². The molecule has 24 heavy (non-hydrogen) atoms. The zero-order chi connectivity index (χ0) is 16.5. The second-order valence-electron chi connectivity index (χ2n) is 7.58. The number of hydrogen-bond donors (Lipinski definition) is 0. The molecule has 0 spiro atoms. The van der Waals surface area contributed by atoms with Crippen molar-refractivity contribution < 1.29 is 28.5 Å². The molecule has 2 heterocycles. The van der Waals surface area contributed by atoms with Crippen molar-refractivity contribution in [1.82, 2.24) is 0 Å². The van der Waals surface area contributed by atoms with Gasteiger partial charge in [0, 0.05) is 0 Å². The third-order valence-electron chi connectivity index (χ3n) is 5.89. The Bertz CT molecular complexity index is 442. The van der Waals surface area contributed by atoms with E-state index in [1.54, 1.807) is 0 Å². The summed E-state index contributed by atoms with van der Waals surface area (Å²) in [6.45, 7) is 2.06. The van der Waals surface area contributed by atoms with Crippen molar-refractivity contribution in [2.24, 2.45) is 23.7 Å². The average molecular weight is 338 g/mol. The van der Waals surface area contributed by atoms with Gasteiger partial charge in [0.25, 0.3) is 0 Å². The lowest BCUT2D eigenvalue weighted by atomic mass is 9.61. The van der Waals surface area contributed by atoms with Crippen molar-refractivity contribution in [3.8, 4) is 0 Å². The number of ether oxygens (including phenoxy) is 4. The van der Waals surface area contributed by atoms with Crippen LogP contribution in [0.3, 0.4) is 0 Å². The fraction of sp³-hybridized carbons (Fsp3) is 0.889. The Hall–Kier alpha value is -1.14. The van der Waals surface area contributed by atoms with Crippen LogP contribution in [-0.4, -0.2) is 50.6 Å². The third-order valence-corrected chi connectivity index (χ3v) is 5.89. The molecular weight excluding hydrogens is 312 g/mol. The van der Waals surface area contributed by atoms with Crippen LogP contribution in [0.2, 0.25) is 0 Å². The van der Waals surface area contributed by atoms with E-state index in [-0.39, 0.29) is 41.9 Å². The molecule has 0 aromatic heterocycles. The molecule has 4 unspecified atom stereocenters. The Balaban J connectivity index is 1.41. The molecule has 4 atom stereocenters. The van der Waals surface area contributed by atoms with Crippen molar-refractivity contribution in [1.29, 1.82) is 0 Å². The highest BCUT2D eigenvalue weighted by Gasteiger charge is 2.48. The predicted octanol–water partition coefficient (Wildman–Crippen LogP) is 1.70. The molecule has 2 saturated heterocycles. The SMILES string of the molecule is O=C(OCC1CO1)C1CCCC2CCCC(C(=O)OCC3CO3)C21. The highest BCUT2D eigenvalue weighted by atomic mass is 16.6. The highest BCUT2D eigenvalue weighted by molar-refractivity contribution is 5.77.